The fraction of sp³-hybridized carbons (Fsp3) is 0.700. The van der Waals surface area contributed by atoms with Gasteiger partial charge in [-0.15, -0.1) is 0 Å². The van der Waals surface area contributed by atoms with Crippen molar-refractivity contribution in [2.24, 2.45) is 17.3 Å². The van der Waals surface area contributed by atoms with Gasteiger partial charge in [0.2, 0.25) is 11.8 Å². The van der Waals surface area contributed by atoms with Gasteiger partial charge in [0.15, 0.2) is 5.13 Å². The first-order valence-electron chi connectivity index (χ1n) is 18.6. The maximum Gasteiger partial charge on any atom is 0.280 e. The molecule has 0 fully saturated rings. The van der Waals surface area contributed by atoms with Gasteiger partial charge in [0.1, 0.15) is 11.6 Å². The van der Waals surface area contributed by atoms with Crippen molar-refractivity contribution in [3.63, 3.8) is 0 Å². The van der Waals surface area contributed by atoms with Crippen LogP contribution in [0.25, 0.3) is 12.2 Å². The van der Waals surface area contributed by atoms with Crippen molar-refractivity contribution in [3.8, 4) is 11.9 Å². The number of nitriles is 1. The van der Waals surface area contributed by atoms with Gasteiger partial charge in [-0.05, 0) is 37.2 Å². The van der Waals surface area contributed by atoms with Crippen molar-refractivity contribution in [3.05, 3.63) is 36.9 Å². The van der Waals surface area contributed by atoms with Crippen LogP contribution < -0.4 is 25.9 Å². The number of carbonyl (C=O) groups excluding carboxylic acids is 1. The summed E-state index contributed by atoms with van der Waals surface area (Å²) in [4.78, 5) is 36.5. The number of anilines is 1. The molecule has 0 aliphatic carbocycles. The van der Waals surface area contributed by atoms with Crippen LogP contribution in [0.15, 0.2) is 4.79 Å². The molecule has 2 heterocycles. The zero-order valence-electron chi connectivity index (χ0n) is 32.7. The lowest BCUT2D eigenvalue weighted by Gasteiger charge is -2.30. The second-order valence-corrected chi connectivity index (χ2v) is 16.7. The summed E-state index contributed by atoms with van der Waals surface area (Å²) in [6, 6.07) is 2.14. The van der Waals surface area contributed by atoms with E-state index in [4.69, 9.17) is 4.98 Å². The number of pyridine rings is 1. The Labute approximate surface area is 300 Å². The van der Waals surface area contributed by atoms with Crippen LogP contribution >= 0.6 is 11.3 Å². The maximum absolute atomic E-state index is 14.4. The van der Waals surface area contributed by atoms with E-state index in [0.717, 1.165) is 57.7 Å². The third-order valence-electron chi connectivity index (χ3n) is 9.33. The highest BCUT2D eigenvalue weighted by molar-refractivity contribution is 7.16. The molecule has 8 nitrogen and oxygen atoms in total. The number of thiazole rings is 1. The molecule has 2 aromatic rings. The Morgan fingerprint density at radius 1 is 0.959 bits per heavy atom. The van der Waals surface area contributed by atoms with Gasteiger partial charge in [-0.2, -0.15) is 9.94 Å². The Morgan fingerprint density at radius 3 is 1.94 bits per heavy atom. The number of hydrogen-bond acceptors (Lipinski definition) is 7. The highest BCUT2D eigenvalue weighted by Crippen LogP contribution is 2.36. The first-order valence-corrected chi connectivity index (χ1v) is 19.5. The smallest absolute Gasteiger partial charge is 0.280 e. The second-order valence-electron chi connectivity index (χ2n) is 15.7. The lowest BCUT2D eigenvalue weighted by molar-refractivity contribution is -0.127. The van der Waals surface area contributed by atoms with E-state index in [1.165, 1.54) is 45.6 Å². The quantitative estimate of drug-likeness (QED) is 0.180. The van der Waals surface area contributed by atoms with Gasteiger partial charge in [-0.3, -0.25) is 9.59 Å². The molecule has 2 aromatic heterocycles. The number of hydrogen-bond donors (Lipinski definition) is 1. The molecule has 2 atom stereocenters. The number of amides is 1. The molecule has 0 aliphatic rings. The molecular weight excluding hydrogens is 631 g/mol. The average Bonchev–Trinajstić information content (AvgIpc) is 3.48. The lowest BCUT2D eigenvalue weighted by atomic mass is 9.91. The summed E-state index contributed by atoms with van der Waals surface area (Å²) in [7, 11) is 1.46. The van der Waals surface area contributed by atoms with Crippen LogP contribution in [0.4, 0.5) is 5.13 Å². The van der Waals surface area contributed by atoms with E-state index in [1.54, 1.807) is 32.1 Å². The van der Waals surface area contributed by atoms with Crippen molar-refractivity contribution in [1.29, 1.82) is 5.26 Å². The monoisotopic (exact) mass is 695 g/mol. The van der Waals surface area contributed by atoms with Crippen LogP contribution in [0.5, 0.6) is 5.88 Å². The van der Waals surface area contributed by atoms with Crippen molar-refractivity contribution >= 4 is 34.5 Å². The normalized spacial score (nSPS) is 14.2. The highest BCUT2D eigenvalue weighted by atomic mass is 32.1. The number of nitrogens with zero attached hydrogens (tertiary/aromatic N) is 5. The van der Waals surface area contributed by atoms with E-state index in [1.807, 2.05) is 19.1 Å². The van der Waals surface area contributed by atoms with Crippen LogP contribution in [0.2, 0.25) is 0 Å². The minimum absolute atomic E-state index is 0.0278. The first kappa shape index (κ1) is 42.0. The van der Waals surface area contributed by atoms with E-state index < -0.39 is 16.9 Å². The van der Waals surface area contributed by atoms with Gasteiger partial charge in [0.05, 0.1) is 15.8 Å². The maximum atomic E-state index is 14.4. The summed E-state index contributed by atoms with van der Waals surface area (Å²) in [5, 5.41) is 24.4. The van der Waals surface area contributed by atoms with Crippen LogP contribution in [-0.2, 0) is 10.2 Å². The van der Waals surface area contributed by atoms with E-state index >= 15 is 0 Å². The van der Waals surface area contributed by atoms with Gasteiger partial charge in [-0.1, -0.05) is 139 Å². The molecule has 49 heavy (non-hydrogen) atoms. The van der Waals surface area contributed by atoms with E-state index in [0.29, 0.717) is 23.5 Å². The molecule has 0 saturated heterocycles. The molecule has 1 N–H and O–H groups in total. The van der Waals surface area contributed by atoms with E-state index in [2.05, 4.69) is 59.4 Å². The molecule has 2 unspecified atom stereocenters. The van der Waals surface area contributed by atoms with Crippen LogP contribution in [-0.4, -0.2) is 40.8 Å². The molecule has 0 aliphatic heterocycles. The largest absolute Gasteiger partial charge is 0.492 e. The third-order valence-corrected chi connectivity index (χ3v) is 10.4. The summed E-state index contributed by atoms with van der Waals surface area (Å²) in [6.07, 6.45) is 14.5. The molecular formula is C40H65N5O3S. The number of aromatic nitrogens is 2. The second kappa shape index (κ2) is 18.8. The molecule has 0 radical (unpaired) electrons. The highest BCUT2D eigenvalue weighted by Gasteiger charge is 2.30. The summed E-state index contributed by atoms with van der Waals surface area (Å²) >= 11 is 1.60. The summed E-state index contributed by atoms with van der Waals surface area (Å²) in [5.74, 6) is 0.228. The Kier molecular flexibility index (Phi) is 16.1. The predicted octanol–water partition coefficient (Wildman–Crippen LogP) is 7.97. The topological polar surface area (TPSA) is 102 Å². The van der Waals surface area contributed by atoms with Crippen molar-refractivity contribution in [1.82, 2.24) is 9.66 Å². The Hall–Kier alpha value is -3.12. The van der Waals surface area contributed by atoms with E-state index in [9.17, 15) is 20.0 Å². The number of carbonyl (C=O) groups is 1. The van der Waals surface area contributed by atoms with Gasteiger partial charge >= 0.3 is 0 Å². The summed E-state index contributed by atoms with van der Waals surface area (Å²) < 4.78 is 0.950. The molecule has 0 aromatic carbocycles. The van der Waals surface area contributed by atoms with Gasteiger partial charge in [-0.25, -0.2) is 9.99 Å². The van der Waals surface area contributed by atoms with Crippen molar-refractivity contribution in [2.75, 3.05) is 30.0 Å². The molecule has 274 valence electrons. The third kappa shape index (κ3) is 10.9. The Bertz CT molecular complexity index is 1580. The average molecular weight is 696 g/mol. The van der Waals surface area contributed by atoms with Crippen LogP contribution in [0.3, 0.4) is 0 Å². The standard InChI is InChI=1S/C40H65N5O3S/c1-13-18-21-28(16-4)26-44(27-29(17-5)22-19-14-2)38-42-34(39(6,7)8)33(49-38)24-31-30(23-20-15-3)32(25-41)36(47)45(35(31)46)43(12)37(48)40(9,10)11/h23-24,28-29,47H,13-22,26-27H2,1-12H3/b30-23-,31-24-. The first-order chi connectivity index (χ1) is 23.0. The van der Waals surface area contributed by atoms with Gasteiger partial charge in [0, 0.05) is 36.2 Å². The van der Waals surface area contributed by atoms with Crippen LogP contribution in [0.1, 0.15) is 157 Å². The predicted molar refractivity (Wildman–Crippen MR) is 208 cm³/mol. The van der Waals surface area contributed by atoms with Gasteiger partial charge in [0.25, 0.3) is 5.56 Å². The SMILES string of the molecule is CCC/C=c1\c(C#N)c(O)n(N(C)C(=O)C(C)(C)C)c(=O)\c1=C/c1sc(N(CC(CC)CCCC)CC(CC)CCCC)nc1C(C)(C)C. The Balaban J connectivity index is 3.03. The molecule has 9 heteroatoms. The van der Waals surface area contributed by atoms with Crippen molar-refractivity contribution < 1.29 is 9.90 Å². The minimum atomic E-state index is -0.819. The fourth-order valence-corrected chi connectivity index (χ4v) is 7.44. The number of aromatic hydroxyl groups is 1. The van der Waals surface area contributed by atoms with E-state index in [-0.39, 0.29) is 22.1 Å². The molecule has 0 bridgehead atoms. The zero-order valence-corrected chi connectivity index (χ0v) is 33.5. The molecule has 0 saturated carbocycles. The fourth-order valence-electron chi connectivity index (χ4n) is 6.20. The Morgan fingerprint density at radius 2 is 1.51 bits per heavy atom. The number of unbranched alkanes of at least 4 members (excludes halogenated alkanes) is 3. The van der Waals surface area contributed by atoms with Gasteiger partial charge < -0.3 is 10.0 Å². The zero-order chi connectivity index (χ0) is 37.1. The van der Waals surface area contributed by atoms with Crippen molar-refractivity contribution in [2.45, 2.75) is 146 Å². The minimum Gasteiger partial charge on any atom is -0.492 e. The molecule has 1 amide bonds. The van der Waals surface area contributed by atoms with Crippen LogP contribution in [0, 0.1) is 28.6 Å². The molecule has 0 spiro atoms. The lowest BCUT2D eigenvalue weighted by Crippen LogP contribution is -2.55. The summed E-state index contributed by atoms with van der Waals surface area (Å²) in [5.41, 5.74) is -0.841. The molecule has 2 rings (SSSR count). The number of rotatable bonds is 17. The summed E-state index contributed by atoms with van der Waals surface area (Å²) in [6.45, 7) is 24.6.